The van der Waals surface area contributed by atoms with E-state index < -0.39 is 0 Å². The van der Waals surface area contributed by atoms with Crippen LogP contribution >= 0.6 is 0 Å². The smallest absolute Gasteiger partial charge is 0.173 e. The molecule has 0 heterocycles. The van der Waals surface area contributed by atoms with Gasteiger partial charge in [0.15, 0.2) is 5.78 Å². The second-order valence-electron chi connectivity index (χ2n) is 4.78. The predicted octanol–water partition coefficient (Wildman–Crippen LogP) is 3.32. The summed E-state index contributed by atoms with van der Waals surface area (Å²) in [5, 5.41) is 0. The minimum atomic E-state index is -0.379. The predicted molar refractivity (Wildman–Crippen MR) is 62.1 cm³/mol. The van der Waals surface area contributed by atoms with Gasteiger partial charge in [-0.15, -0.1) is 0 Å². The zero-order valence-electron chi connectivity index (χ0n) is 9.55. The molecule has 0 aliphatic heterocycles. The van der Waals surface area contributed by atoms with Crippen molar-refractivity contribution in [1.82, 2.24) is 0 Å². The van der Waals surface area contributed by atoms with E-state index in [9.17, 15) is 4.79 Å². The van der Waals surface area contributed by atoms with E-state index in [1.807, 2.05) is 26.0 Å². The lowest BCUT2D eigenvalue weighted by Crippen LogP contribution is -2.24. The normalized spacial score (nSPS) is 24.1. The van der Waals surface area contributed by atoms with E-state index in [1.54, 1.807) is 0 Å². The first-order valence-corrected chi connectivity index (χ1v) is 5.25. The number of Topliss-reactive ketones (excluding diaryl/α,β-unsaturated/α-hetero) is 1. The Bertz CT molecular complexity index is 456. The molecule has 1 aliphatic rings. The summed E-state index contributed by atoms with van der Waals surface area (Å²) in [6.45, 7) is 9.93. The van der Waals surface area contributed by atoms with Crippen molar-refractivity contribution in [2.24, 2.45) is 5.41 Å². The topological polar surface area (TPSA) is 17.1 Å². The van der Waals surface area contributed by atoms with Gasteiger partial charge < -0.3 is 0 Å². The molecule has 0 bridgehead atoms. The van der Waals surface area contributed by atoms with Crippen LogP contribution in [-0.4, -0.2) is 5.78 Å². The van der Waals surface area contributed by atoms with Crippen LogP contribution in [0.5, 0.6) is 0 Å². The summed E-state index contributed by atoms with van der Waals surface area (Å²) < 4.78 is 0. The molecule has 1 aliphatic carbocycles. The minimum absolute atomic E-state index is 0.227. The Morgan fingerprint density at radius 3 is 2.73 bits per heavy atom. The third-order valence-corrected chi connectivity index (χ3v) is 3.49. The van der Waals surface area contributed by atoms with Crippen LogP contribution in [0.1, 0.15) is 35.3 Å². The van der Waals surface area contributed by atoms with Gasteiger partial charge in [0.25, 0.3) is 0 Å². The number of carbonyl (C=O) groups excluding carboxylic acids is 1. The molecule has 0 fully saturated rings. The highest BCUT2D eigenvalue weighted by molar-refractivity contribution is 6.06. The number of benzene rings is 1. The van der Waals surface area contributed by atoms with E-state index in [4.69, 9.17) is 0 Å². The summed E-state index contributed by atoms with van der Waals surface area (Å²) in [5.41, 5.74) is 3.85. The van der Waals surface area contributed by atoms with Crippen LogP contribution in [0, 0.1) is 12.3 Å². The Balaban J connectivity index is 2.55. The molecule has 0 saturated heterocycles. The lowest BCUT2D eigenvalue weighted by Gasteiger charge is -2.21. The zero-order chi connectivity index (χ0) is 11.2. The molecule has 1 nitrogen and oxygen atoms in total. The number of aryl methyl sites for hydroxylation is 1. The quantitative estimate of drug-likeness (QED) is 0.635. The van der Waals surface area contributed by atoms with Crippen LogP contribution in [0.25, 0.3) is 0 Å². The minimum Gasteiger partial charge on any atom is -0.293 e. The molecule has 15 heavy (non-hydrogen) atoms. The summed E-state index contributed by atoms with van der Waals surface area (Å²) >= 11 is 0. The Morgan fingerprint density at radius 2 is 2.13 bits per heavy atom. The van der Waals surface area contributed by atoms with Crippen molar-refractivity contribution >= 4 is 5.78 Å². The van der Waals surface area contributed by atoms with Crippen molar-refractivity contribution in [2.45, 2.75) is 27.2 Å². The van der Waals surface area contributed by atoms with E-state index in [2.05, 4.69) is 19.6 Å². The first kappa shape index (κ1) is 10.2. The highest BCUT2D eigenvalue weighted by Gasteiger charge is 2.41. The van der Waals surface area contributed by atoms with Crippen molar-refractivity contribution < 1.29 is 4.79 Å². The SMILES string of the molecule is C=C(C)[C@@]1(C)Cc2cc(C)ccc2C1=O. The van der Waals surface area contributed by atoms with Gasteiger partial charge >= 0.3 is 0 Å². The van der Waals surface area contributed by atoms with E-state index >= 15 is 0 Å². The molecule has 0 aromatic heterocycles. The number of ketones is 1. The van der Waals surface area contributed by atoms with Crippen molar-refractivity contribution in [3.8, 4) is 0 Å². The fourth-order valence-electron chi connectivity index (χ4n) is 2.19. The molecule has 1 aromatic carbocycles. The third kappa shape index (κ3) is 1.34. The van der Waals surface area contributed by atoms with E-state index in [0.29, 0.717) is 0 Å². The Morgan fingerprint density at radius 1 is 1.47 bits per heavy atom. The van der Waals surface area contributed by atoms with Crippen LogP contribution in [0.2, 0.25) is 0 Å². The second kappa shape index (κ2) is 3.06. The van der Waals surface area contributed by atoms with E-state index in [0.717, 1.165) is 17.6 Å². The average molecular weight is 200 g/mol. The number of hydrogen-bond donors (Lipinski definition) is 0. The molecule has 0 amide bonds. The van der Waals surface area contributed by atoms with E-state index in [1.165, 1.54) is 11.1 Å². The van der Waals surface area contributed by atoms with Crippen molar-refractivity contribution in [3.63, 3.8) is 0 Å². The number of fused-ring (bicyclic) bond motifs is 1. The van der Waals surface area contributed by atoms with Gasteiger partial charge in [-0.1, -0.05) is 35.9 Å². The molecule has 2 rings (SSSR count). The molecule has 78 valence electrons. The van der Waals surface area contributed by atoms with Gasteiger partial charge in [-0.3, -0.25) is 4.79 Å². The molecular formula is C14H16O. The summed E-state index contributed by atoms with van der Waals surface area (Å²) in [7, 11) is 0. The van der Waals surface area contributed by atoms with Crippen LogP contribution in [0.4, 0.5) is 0 Å². The third-order valence-electron chi connectivity index (χ3n) is 3.49. The summed E-state index contributed by atoms with van der Waals surface area (Å²) in [4.78, 5) is 12.2. The lowest BCUT2D eigenvalue weighted by molar-refractivity contribution is 0.0881. The molecule has 0 unspecified atom stereocenters. The number of rotatable bonds is 1. The second-order valence-corrected chi connectivity index (χ2v) is 4.78. The van der Waals surface area contributed by atoms with Crippen LogP contribution < -0.4 is 0 Å². The van der Waals surface area contributed by atoms with Crippen molar-refractivity contribution in [1.29, 1.82) is 0 Å². The molecule has 0 saturated carbocycles. The lowest BCUT2D eigenvalue weighted by atomic mass is 9.80. The highest BCUT2D eigenvalue weighted by Crippen LogP contribution is 2.41. The Hall–Kier alpha value is -1.37. The van der Waals surface area contributed by atoms with Gasteiger partial charge in [0.1, 0.15) is 0 Å². The summed E-state index contributed by atoms with van der Waals surface area (Å²) in [5.74, 6) is 0.227. The monoisotopic (exact) mass is 200 g/mol. The van der Waals surface area contributed by atoms with Gasteiger partial charge in [0.05, 0.1) is 5.41 Å². The van der Waals surface area contributed by atoms with Crippen LogP contribution in [0.15, 0.2) is 30.4 Å². The molecule has 1 atom stereocenters. The highest BCUT2D eigenvalue weighted by atomic mass is 16.1. The molecule has 0 N–H and O–H groups in total. The van der Waals surface area contributed by atoms with Gasteiger partial charge in [0, 0.05) is 5.56 Å². The molecular weight excluding hydrogens is 184 g/mol. The van der Waals surface area contributed by atoms with Gasteiger partial charge in [-0.25, -0.2) is 0 Å². The van der Waals surface area contributed by atoms with Gasteiger partial charge in [-0.2, -0.15) is 0 Å². The Labute approximate surface area is 90.8 Å². The molecule has 0 spiro atoms. The molecule has 0 radical (unpaired) electrons. The van der Waals surface area contributed by atoms with Gasteiger partial charge in [0.2, 0.25) is 0 Å². The first-order chi connectivity index (χ1) is 6.95. The standard InChI is InChI=1S/C14H16O/c1-9(2)14(4)8-11-7-10(3)5-6-12(11)13(14)15/h5-7H,1,8H2,2-4H3/t14-/m1/s1. The maximum atomic E-state index is 12.2. The van der Waals surface area contributed by atoms with E-state index in [-0.39, 0.29) is 11.2 Å². The Kier molecular flexibility index (Phi) is 2.07. The number of allylic oxidation sites excluding steroid dienone is 1. The summed E-state index contributed by atoms with van der Waals surface area (Å²) in [6.07, 6.45) is 0.804. The fourth-order valence-corrected chi connectivity index (χ4v) is 2.19. The molecule has 1 heteroatoms. The first-order valence-electron chi connectivity index (χ1n) is 5.25. The molecule has 1 aromatic rings. The maximum absolute atomic E-state index is 12.2. The fraction of sp³-hybridized carbons (Fsp3) is 0.357. The zero-order valence-corrected chi connectivity index (χ0v) is 9.55. The number of hydrogen-bond acceptors (Lipinski definition) is 1. The average Bonchev–Trinajstić information content (AvgIpc) is 2.40. The van der Waals surface area contributed by atoms with Crippen LogP contribution in [0.3, 0.4) is 0 Å². The van der Waals surface area contributed by atoms with Gasteiger partial charge in [-0.05, 0) is 32.8 Å². The van der Waals surface area contributed by atoms with Crippen LogP contribution in [-0.2, 0) is 6.42 Å². The van der Waals surface area contributed by atoms with Crippen molar-refractivity contribution in [2.75, 3.05) is 0 Å². The largest absolute Gasteiger partial charge is 0.293 e. The van der Waals surface area contributed by atoms with Crippen molar-refractivity contribution in [3.05, 3.63) is 47.0 Å². The summed E-state index contributed by atoms with van der Waals surface area (Å²) in [6, 6.07) is 6.06. The maximum Gasteiger partial charge on any atom is 0.173 e. The number of carbonyl (C=O) groups is 1.